The van der Waals surface area contributed by atoms with Gasteiger partial charge in [-0.15, -0.1) is 0 Å². The highest BCUT2D eigenvalue weighted by Crippen LogP contribution is 2.38. The van der Waals surface area contributed by atoms with E-state index in [-0.39, 0.29) is 5.56 Å². The second kappa shape index (κ2) is 6.96. The van der Waals surface area contributed by atoms with Gasteiger partial charge in [-0.2, -0.15) is 0 Å². The lowest BCUT2D eigenvalue weighted by atomic mass is 10.0. The van der Waals surface area contributed by atoms with Gasteiger partial charge in [-0.05, 0) is 36.5 Å². The molecule has 0 saturated heterocycles. The molecule has 0 amide bonds. The van der Waals surface area contributed by atoms with Gasteiger partial charge in [0.1, 0.15) is 5.82 Å². The molecule has 0 radical (unpaired) electrons. The molecule has 5 heteroatoms. The minimum Gasteiger partial charge on any atom is -0.354 e. The fraction of sp³-hybridized carbons (Fsp3) is 0.280. The molecule has 6 rings (SSSR count). The molecule has 1 fully saturated rings. The molecule has 4 aromatic rings. The highest BCUT2D eigenvalue weighted by atomic mass is 16.1. The van der Waals surface area contributed by atoms with Crippen molar-refractivity contribution in [3.63, 3.8) is 0 Å². The smallest absolute Gasteiger partial charge is 0.254 e. The molecule has 1 aliphatic heterocycles. The maximum absolute atomic E-state index is 12.5. The Morgan fingerprint density at radius 2 is 1.80 bits per heavy atom. The molecular weight excluding hydrogens is 372 g/mol. The second-order valence-corrected chi connectivity index (χ2v) is 8.50. The Bertz CT molecular complexity index is 1280. The lowest BCUT2D eigenvalue weighted by Gasteiger charge is -2.28. The molecule has 1 aliphatic carbocycles. The number of fused-ring (bicyclic) bond motifs is 2. The summed E-state index contributed by atoms with van der Waals surface area (Å²) >= 11 is 0. The van der Waals surface area contributed by atoms with E-state index < -0.39 is 0 Å². The molecule has 2 aliphatic rings. The Labute approximate surface area is 174 Å². The summed E-state index contributed by atoms with van der Waals surface area (Å²) < 4.78 is 0. The van der Waals surface area contributed by atoms with Crippen LogP contribution in [0.15, 0.2) is 59.4 Å². The first-order chi connectivity index (χ1) is 14.8. The topological polar surface area (TPSA) is 64.8 Å². The summed E-state index contributed by atoms with van der Waals surface area (Å²) in [6, 6.07) is 19.0. The van der Waals surface area contributed by atoms with Crippen molar-refractivity contribution in [2.75, 3.05) is 6.54 Å². The summed E-state index contributed by atoms with van der Waals surface area (Å²) in [6.45, 7) is 2.43. The highest BCUT2D eigenvalue weighted by Gasteiger charge is 2.29. The maximum Gasteiger partial charge on any atom is 0.254 e. The lowest BCUT2D eigenvalue weighted by Crippen LogP contribution is -2.35. The molecule has 2 N–H and O–H groups in total. The van der Waals surface area contributed by atoms with Crippen molar-refractivity contribution in [1.29, 1.82) is 0 Å². The van der Waals surface area contributed by atoms with Crippen molar-refractivity contribution < 1.29 is 0 Å². The Morgan fingerprint density at radius 3 is 2.63 bits per heavy atom. The molecule has 1 saturated carbocycles. The number of benzene rings is 2. The molecule has 0 bridgehead atoms. The molecule has 2 aromatic heterocycles. The number of nitrogens with one attached hydrogen (secondary N) is 2. The van der Waals surface area contributed by atoms with Crippen molar-refractivity contribution in [3.05, 3.63) is 87.6 Å². The lowest BCUT2D eigenvalue weighted by molar-refractivity contribution is 0.241. The van der Waals surface area contributed by atoms with Crippen molar-refractivity contribution in [3.8, 4) is 11.3 Å². The zero-order valence-electron chi connectivity index (χ0n) is 16.8. The Morgan fingerprint density at radius 1 is 1.00 bits per heavy atom. The maximum atomic E-state index is 12.5. The SMILES string of the molecule is O=c1[nH]c(C2CC2)nc2c1CCN(Cc1c(-c3ccccc3)[nH]c3ccccc13)C2. The van der Waals surface area contributed by atoms with Crippen molar-refractivity contribution in [1.82, 2.24) is 19.9 Å². The Hall–Kier alpha value is -3.18. The van der Waals surface area contributed by atoms with Gasteiger partial charge in [-0.3, -0.25) is 9.69 Å². The monoisotopic (exact) mass is 396 g/mol. The van der Waals surface area contributed by atoms with E-state index in [1.54, 1.807) is 0 Å². The normalized spacial score (nSPS) is 16.7. The van der Waals surface area contributed by atoms with Gasteiger partial charge in [0.05, 0.1) is 11.4 Å². The fourth-order valence-electron chi connectivity index (χ4n) is 4.64. The average Bonchev–Trinajstić information content (AvgIpc) is 3.57. The van der Waals surface area contributed by atoms with E-state index >= 15 is 0 Å². The molecular formula is C25H24N4O. The van der Waals surface area contributed by atoms with Crippen LogP contribution in [0.1, 0.15) is 41.4 Å². The van der Waals surface area contributed by atoms with E-state index in [1.165, 1.54) is 22.2 Å². The molecule has 0 atom stereocenters. The number of nitrogens with zero attached hydrogens (tertiary/aromatic N) is 2. The van der Waals surface area contributed by atoms with Crippen molar-refractivity contribution >= 4 is 10.9 Å². The van der Waals surface area contributed by atoms with Crippen LogP contribution in [0.4, 0.5) is 0 Å². The average molecular weight is 396 g/mol. The van der Waals surface area contributed by atoms with Gasteiger partial charge in [0.2, 0.25) is 0 Å². The van der Waals surface area contributed by atoms with E-state index in [0.717, 1.165) is 61.5 Å². The molecule has 150 valence electrons. The number of hydrogen-bond acceptors (Lipinski definition) is 3. The summed E-state index contributed by atoms with van der Waals surface area (Å²) in [7, 11) is 0. The van der Waals surface area contributed by atoms with Crippen LogP contribution >= 0.6 is 0 Å². The largest absolute Gasteiger partial charge is 0.354 e. The second-order valence-electron chi connectivity index (χ2n) is 8.50. The summed E-state index contributed by atoms with van der Waals surface area (Å²) in [4.78, 5) is 26.5. The van der Waals surface area contributed by atoms with Crippen LogP contribution in [0.5, 0.6) is 0 Å². The molecule has 0 unspecified atom stereocenters. The number of hydrogen-bond donors (Lipinski definition) is 2. The first kappa shape index (κ1) is 17.7. The van der Waals surface area contributed by atoms with E-state index in [9.17, 15) is 4.79 Å². The minimum absolute atomic E-state index is 0.0682. The predicted molar refractivity (Wildman–Crippen MR) is 118 cm³/mol. The number of para-hydroxylation sites is 1. The van der Waals surface area contributed by atoms with Gasteiger partial charge in [-0.25, -0.2) is 4.98 Å². The fourth-order valence-corrected chi connectivity index (χ4v) is 4.64. The molecule has 2 aromatic carbocycles. The first-order valence-corrected chi connectivity index (χ1v) is 10.8. The minimum atomic E-state index is 0.0682. The zero-order valence-corrected chi connectivity index (χ0v) is 16.8. The summed E-state index contributed by atoms with van der Waals surface area (Å²) in [5.41, 5.74) is 6.76. The van der Waals surface area contributed by atoms with Gasteiger partial charge in [0.25, 0.3) is 5.56 Å². The Balaban J connectivity index is 1.37. The van der Waals surface area contributed by atoms with E-state index in [2.05, 4.69) is 63.4 Å². The standard InChI is InChI=1S/C25H24N4O/c30-25-19-12-13-29(15-22(19)27-24(28-25)17-10-11-17)14-20-18-8-4-5-9-21(18)26-23(20)16-6-2-1-3-7-16/h1-9,17,26H,10-15H2,(H,27,28,30). The number of H-pyrrole nitrogens is 2. The van der Waals surface area contributed by atoms with Crippen LogP contribution in [0.3, 0.4) is 0 Å². The first-order valence-electron chi connectivity index (χ1n) is 10.8. The van der Waals surface area contributed by atoms with E-state index in [4.69, 9.17) is 4.98 Å². The highest BCUT2D eigenvalue weighted by molar-refractivity contribution is 5.90. The van der Waals surface area contributed by atoms with Gasteiger partial charge in [-0.1, -0.05) is 48.5 Å². The van der Waals surface area contributed by atoms with Crippen LogP contribution in [-0.2, 0) is 19.5 Å². The van der Waals surface area contributed by atoms with Gasteiger partial charge >= 0.3 is 0 Å². The van der Waals surface area contributed by atoms with Crippen LogP contribution in [0, 0.1) is 0 Å². The molecule has 5 nitrogen and oxygen atoms in total. The van der Waals surface area contributed by atoms with E-state index in [0.29, 0.717) is 5.92 Å². The Kier molecular flexibility index (Phi) is 4.09. The quantitative estimate of drug-likeness (QED) is 0.539. The third-order valence-electron chi connectivity index (χ3n) is 6.39. The van der Waals surface area contributed by atoms with Crippen LogP contribution in [-0.4, -0.2) is 26.4 Å². The van der Waals surface area contributed by atoms with Crippen LogP contribution in [0.2, 0.25) is 0 Å². The van der Waals surface area contributed by atoms with Gasteiger partial charge < -0.3 is 9.97 Å². The number of aromatic amines is 2. The molecule has 0 spiro atoms. The zero-order chi connectivity index (χ0) is 20.1. The summed E-state index contributed by atoms with van der Waals surface area (Å²) in [5.74, 6) is 1.34. The molecule has 3 heterocycles. The van der Waals surface area contributed by atoms with Gasteiger partial charge in [0.15, 0.2) is 0 Å². The van der Waals surface area contributed by atoms with Gasteiger partial charge in [0, 0.05) is 42.0 Å². The molecule has 30 heavy (non-hydrogen) atoms. The summed E-state index contributed by atoms with van der Waals surface area (Å²) in [5, 5.41) is 1.26. The van der Waals surface area contributed by atoms with E-state index in [1.807, 2.05) is 6.07 Å². The predicted octanol–water partition coefficient (Wildman–Crippen LogP) is 4.35. The number of rotatable bonds is 4. The van der Waals surface area contributed by atoms with Crippen molar-refractivity contribution in [2.45, 2.75) is 38.3 Å². The van der Waals surface area contributed by atoms with Crippen molar-refractivity contribution in [2.24, 2.45) is 0 Å². The third kappa shape index (κ3) is 3.06. The third-order valence-corrected chi connectivity index (χ3v) is 6.39. The van der Waals surface area contributed by atoms with Crippen LogP contribution in [0.25, 0.3) is 22.2 Å². The summed E-state index contributed by atoms with van der Waals surface area (Å²) in [6.07, 6.45) is 3.04. The number of aromatic nitrogens is 3. The van der Waals surface area contributed by atoms with Crippen LogP contribution < -0.4 is 5.56 Å².